The smallest absolute Gasteiger partial charge is 0.305 e. The number of carbonyl (C=O) groups excluding carboxylic acids is 1. The standard InChI is InChI=1S/C16H16BrNO4S/c1-10-2-3-12(16(21)18-5-4-15(19)20)7-13(10)22-8-11-6-14(17)23-9-11/h2-3,6-7,9H,4-5,8H2,1H3,(H,18,21)(H,19,20). The first kappa shape index (κ1) is 17.5. The molecule has 1 heterocycles. The highest BCUT2D eigenvalue weighted by molar-refractivity contribution is 9.11. The summed E-state index contributed by atoms with van der Waals surface area (Å²) in [6, 6.07) is 7.17. The Labute approximate surface area is 146 Å². The largest absolute Gasteiger partial charge is 0.489 e. The lowest BCUT2D eigenvalue weighted by Crippen LogP contribution is -2.26. The van der Waals surface area contributed by atoms with Gasteiger partial charge in [-0.2, -0.15) is 0 Å². The van der Waals surface area contributed by atoms with E-state index in [1.54, 1.807) is 23.5 Å². The highest BCUT2D eigenvalue weighted by Gasteiger charge is 2.10. The fraction of sp³-hybridized carbons (Fsp3) is 0.250. The maximum atomic E-state index is 12.0. The van der Waals surface area contributed by atoms with Crippen molar-refractivity contribution in [2.24, 2.45) is 0 Å². The lowest BCUT2D eigenvalue weighted by atomic mass is 10.1. The number of aryl methyl sites for hydroxylation is 1. The van der Waals surface area contributed by atoms with Crippen molar-refractivity contribution in [3.05, 3.63) is 50.1 Å². The minimum Gasteiger partial charge on any atom is -0.489 e. The third kappa shape index (κ3) is 5.37. The number of carboxylic acids is 1. The van der Waals surface area contributed by atoms with Crippen molar-refractivity contribution < 1.29 is 19.4 Å². The second-order valence-corrected chi connectivity index (χ2v) is 7.22. The van der Waals surface area contributed by atoms with Crippen LogP contribution in [0.15, 0.2) is 33.4 Å². The predicted molar refractivity (Wildman–Crippen MR) is 92.1 cm³/mol. The lowest BCUT2D eigenvalue weighted by Gasteiger charge is -2.10. The van der Waals surface area contributed by atoms with Crippen LogP contribution < -0.4 is 10.1 Å². The van der Waals surface area contributed by atoms with Crippen molar-refractivity contribution in [1.82, 2.24) is 5.32 Å². The molecule has 1 aromatic heterocycles. The maximum Gasteiger partial charge on any atom is 0.305 e. The fourth-order valence-electron chi connectivity index (χ4n) is 1.86. The molecule has 0 bridgehead atoms. The predicted octanol–water partition coefficient (Wildman–Crippen LogP) is 3.60. The summed E-state index contributed by atoms with van der Waals surface area (Å²) in [5.41, 5.74) is 2.43. The van der Waals surface area contributed by atoms with Gasteiger partial charge in [0.15, 0.2) is 0 Å². The minimum absolute atomic E-state index is 0.0984. The Balaban J connectivity index is 2.00. The maximum absolute atomic E-state index is 12.0. The monoisotopic (exact) mass is 397 g/mol. The van der Waals surface area contributed by atoms with Crippen LogP contribution in [0.2, 0.25) is 0 Å². The number of thiophene rings is 1. The summed E-state index contributed by atoms with van der Waals surface area (Å²) < 4.78 is 6.82. The highest BCUT2D eigenvalue weighted by atomic mass is 79.9. The molecule has 0 saturated heterocycles. The molecule has 0 fully saturated rings. The fourth-order valence-corrected chi connectivity index (χ4v) is 3.06. The molecule has 0 spiro atoms. The normalized spacial score (nSPS) is 10.3. The third-order valence-electron chi connectivity index (χ3n) is 3.09. The zero-order valence-electron chi connectivity index (χ0n) is 12.5. The van der Waals surface area contributed by atoms with Crippen LogP contribution in [-0.4, -0.2) is 23.5 Å². The van der Waals surface area contributed by atoms with E-state index < -0.39 is 5.97 Å². The summed E-state index contributed by atoms with van der Waals surface area (Å²) in [5, 5.41) is 13.2. The van der Waals surface area contributed by atoms with E-state index in [1.165, 1.54) is 0 Å². The van der Waals surface area contributed by atoms with Gasteiger partial charge in [-0.25, -0.2) is 0 Å². The number of aliphatic carboxylic acids is 1. The number of nitrogens with one attached hydrogen (secondary N) is 1. The van der Waals surface area contributed by atoms with Crippen molar-refractivity contribution in [3.8, 4) is 5.75 Å². The van der Waals surface area contributed by atoms with Crippen molar-refractivity contribution in [2.45, 2.75) is 20.0 Å². The van der Waals surface area contributed by atoms with Gasteiger partial charge < -0.3 is 15.2 Å². The van der Waals surface area contributed by atoms with Crippen molar-refractivity contribution in [3.63, 3.8) is 0 Å². The summed E-state index contributed by atoms with van der Waals surface area (Å²) >= 11 is 4.99. The molecule has 0 radical (unpaired) electrons. The Morgan fingerprint density at radius 2 is 2.13 bits per heavy atom. The first-order valence-corrected chi connectivity index (χ1v) is 8.59. The molecule has 0 unspecified atom stereocenters. The summed E-state index contributed by atoms with van der Waals surface area (Å²) in [4.78, 5) is 22.5. The Bertz CT molecular complexity index is 714. The molecule has 2 rings (SSSR count). The van der Waals surface area contributed by atoms with Gasteiger partial charge in [0.05, 0.1) is 10.2 Å². The van der Waals surface area contributed by atoms with Crippen molar-refractivity contribution >= 4 is 39.1 Å². The quantitative estimate of drug-likeness (QED) is 0.747. The zero-order valence-corrected chi connectivity index (χ0v) is 14.9. The van der Waals surface area contributed by atoms with E-state index in [0.29, 0.717) is 17.9 Å². The molecule has 2 aromatic rings. The van der Waals surface area contributed by atoms with E-state index in [0.717, 1.165) is 14.9 Å². The van der Waals surface area contributed by atoms with Crippen LogP contribution in [0.3, 0.4) is 0 Å². The van der Waals surface area contributed by atoms with Crippen LogP contribution in [0.4, 0.5) is 0 Å². The summed E-state index contributed by atoms with van der Waals surface area (Å²) in [6.45, 7) is 2.43. The van der Waals surface area contributed by atoms with Gasteiger partial charge >= 0.3 is 5.97 Å². The first-order chi connectivity index (χ1) is 11.0. The van der Waals surface area contributed by atoms with E-state index in [9.17, 15) is 9.59 Å². The van der Waals surface area contributed by atoms with Crippen molar-refractivity contribution in [1.29, 1.82) is 0 Å². The first-order valence-electron chi connectivity index (χ1n) is 6.92. The van der Waals surface area contributed by atoms with E-state index in [4.69, 9.17) is 9.84 Å². The highest BCUT2D eigenvalue weighted by Crippen LogP contribution is 2.24. The minimum atomic E-state index is -0.944. The van der Waals surface area contributed by atoms with E-state index in [1.807, 2.05) is 24.4 Å². The number of halogens is 1. The van der Waals surface area contributed by atoms with E-state index in [-0.39, 0.29) is 18.9 Å². The average molecular weight is 398 g/mol. The van der Waals surface area contributed by atoms with Crippen LogP contribution in [0.25, 0.3) is 0 Å². The van der Waals surface area contributed by atoms with Gasteiger partial charge in [-0.15, -0.1) is 11.3 Å². The molecule has 122 valence electrons. The number of benzene rings is 1. The molecule has 1 amide bonds. The lowest BCUT2D eigenvalue weighted by molar-refractivity contribution is -0.136. The SMILES string of the molecule is Cc1ccc(C(=O)NCCC(=O)O)cc1OCc1csc(Br)c1. The molecule has 0 aliphatic rings. The molecular formula is C16H16BrNO4S. The molecule has 0 aliphatic carbocycles. The van der Waals surface area contributed by atoms with Crippen LogP contribution >= 0.6 is 27.3 Å². The Kier molecular flexibility index (Phi) is 6.18. The summed E-state index contributed by atoms with van der Waals surface area (Å²) in [6.07, 6.45) is -0.103. The van der Waals surface area contributed by atoms with E-state index in [2.05, 4.69) is 21.2 Å². The van der Waals surface area contributed by atoms with Gasteiger partial charge in [0, 0.05) is 17.7 Å². The summed E-state index contributed by atoms with van der Waals surface area (Å²) in [5.74, 6) is -0.618. The molecule has 0 aliphatic heterocycles. The molecule has 0 saturated carbocycles. The second-order valence-electron chi connectivity index (χ2n) is 4.93. The Morgan fingerprint density at radius 1 is 1.35 bits per heavy atom. The Hall–Kier alpha value is -1.86. The molecule has 2 N–H and O–H groups in total. The molecule has 7 heteroatoms. The average Bonchev–Trinajstić information content (AvgIpc) is 2.91. The topological polar surface area (TPSA) is 75.6 Å². The number of carbonyl (C=O) groups is 2. The third-order valence-corrected chi connectivity index (χ3v) is 4.64. The number of rotatable bonds is 7. The second kappa shape index (κ2) is 8.12. The van der Waals surface area contributed by atoms with E-state index >= 15 is 0 Å². The van der Waals surface area contributed by atoms with Gasteiger partial charge in [0.1, 0.15) is 12.4 Å². The number of hydrogen-bond acceptors (Lipinski definition) is 4. The van der Waals surface area contributed by atoms with Crippen LogP contribution in [0.1, 0.15) is 27.9 Å². The van der Waals surface area contributed by atoms with Gasteiger partial charge in [0.25, 0.3) is 5.91 Å². The van der Waals surface area contributed by atoms with Crippen LogP contribution in [0, 0.1) is 6.92 Å². The zero-order chi connectivity index (χ0) is 16.8. The molecule has 0 atom stereocenters. The van der Waals surface area contributed by atoms with Gasteiger partial charge in [-0.05, 0) is 52.0 Å². The van der Waals surface area contributed by atoms with Gasteiger partial charge in [-0.3, -0.25) is 9.59 Å². The number of ether oxygens (including phenoxy) is 1. The number of carboxylic acid groups (broad SMARTS) is 1. The van der Waals surface area contributed by atoms with Crippen LogP contribution in [0.5, 0.6) is 5.75 Å². The molecule has 23 heavy (non-hydrogen) atoms. The number of amides is 1. The number of hydrogen-bond donors (Lipinski definition) is 2. The molecule has 5 nitrogen and oxygen atoms in total. The molecular weight excluding hydrogens is 382 g/mol. The Morgan fingerprint density at radius 3 is 2.78 bits per heavy atom. The molecule has 1 aromatic carbocycles. The summed E-state index contributed by atoms with van der Waals surface area (Å²) in [7, 11) is 0. The van der Waals surface area contributed by atoms with Crippen molar-refractivity contribution in [2.75, 3.05) is 6.54 Å². The van der Waals surface area contributed by atoms with Gasteiger partial charge in [0.2, 0.25) is 0 Å². The van der Waals surface area contributed by atoms with Gasteiger partial charge in [-0.1, -0.05) is 6.07 Å². The van der Waals surface area contributed by atoms with Crippen LogP contribution in [-0.2, 0) is 11.4 Å².